The molecule has 2 aromatic rings. The zero-order valence-electron chi connectivity index (χ0n) is 16.1. The summed E-state index contributed by atoms with van der Waals surface area (Å²) < 4.78 is 11.5. The number of likely N-dealkylation sites (tertiary alicyclic amines) is 1. The Morgan fingerprint density at radius 2 is 1.83 bits per heavy atom. The van der Waals surface area contributed by atoms with Crippen molar-refractivity contribution < 1.29 is 13.9 Å². The van der Waals surface area contributed by atoms with Gasteiger partial charge in [-0.05, 0) is 37.1 Å². The number of carbonyl (C=O) groups excluding carboxylic acids is 1. The minimum atomic E-state index is -1.11. The van der Waals surface area contributed by atoms with E-state index in [1.807, 2.05) is 0 Å². The quantitative estimate of drug-likeness (QED) is 0.540. The molecule has 0 spiro atoms. The van der Waals surface area contributed by atoms with Crippen LogP contribution < -0.4 is 10.6 Å². The molecule has 1 saturated heterocycles. The van der Waals surface area contributed by atoms with Crippen molar-refractivity contribution >= 4 is 39.7 Å². The predicted octanol–water partition coefficient (Wildman–Crippen LogP) is 2.29. The summed E-state index contributed by atoms with van der Waals surface area (Å²) >= 11 is 0. The van der Waals surface area contributed by atoms with E-state index in [1.54, 1.807) is 35.4 Å². The lowest BCUT2D eigenvalue weighted by molar-refractivity contribution is -0.383. The van der Waals surface area contributed by atoms with Crippen LogP contribution in [-0.2, 0) is 15.6 Å². The number of nitrogens with zero attached hydrogens (tertiary/aromatic N) is 4. The van der Waals surface area contributed by atoms with Gasteiger partial charge < -0.3 is 15.5 Å². The van der Waals surface area contributed by atoms with Crippen LogP contribution in [-0.4, -0.2) is 55.3 Å². The number of hydrogen-bond acceptors (Lipinski definition) is 8. The normalized spacial score (nSPS) is 15.6. The smallest absolute Gasteiger partial charge is 0.353 e. The van der Waals surface area contributed by atoms with Gasteiger partial charge in [0.15, 0.2) is 0 Å². The SMILES string of the molecule is CC(=O)N1CCC(Nc2ncnc(Nc3ccc(S(C)=O)cc3)c2[N+](=O)[O-])CC1. The van der Waals surface area contributed by atoms with Crippen LogP contribution in [0.25, 0.3) is 0 Å². The monoisotopic (exact) mass is 418 g/mol. The topological polar surface area (TPSA) is 130 Å². The molecule has 1 unspecified atom stereocenters. The Hall–Kier alpha value is -3.08. The summed E-state index contributed by atoms with van der Waals surface area (Å²) in [4.78, 5) is 33.1. The zero-order chi connectivity index (χ0) is 21.0. The van der Waals surface area contributed by atoms with E-state index in [4.69, 9.17) is 0 Å². The fourth-order valence-electron chi connectivity index (χ4n) is 3.15. The van der Waals surface area contributed by atoms with E-state index in [2.05, 4.69) is 20.6 Å². The van der Waals surface area contributed by atoms with Gasteiger partial charge in [0.25, 0.3) is 0 Å². The van der Waals surface area contributed by atoms with E-state index >= 15 is 0 Å². The summed E-state index contributed by atoms with van der Waals surface area (Å²) in [6, 6.07) is 6.73. The maximum atomic E-state index is 11.7. The third-order valence-electron chi connectivity index (χ3n) is 4.73. The summed E-state index contributed by atoms with van der Waals surface area (Å²) in [5, 5.41) is 17.8. The number of anilines is 3. The van der Waals surface area contributed by atoms with Crippen molar-refractivity contribution in [3.8, 4) is 0 Å². The molecule has 2 N–H and O–H groups in total. The second kappa shape index (κ2) is 8.95. The number of nitro groups is 1. The molecule has 1 aliphatic heterocycles. The van der Waals surface area contributed by atoms with Crippen LogP contribution in [0.2, 0.25) is 0 Å². The first-order valence-corrected chi connectivity index (χ1v) is 10.6. The fourth-order valence-corrected chi connectivity index (χ4v) is 3.67. The molecule has 1 atom stereocenters. The molecule has 1 aromatic heterocycles. The summed E-state index contributed by atoms with van der Waals surface area (Å²) in [6.07, 6.45) is 4.20. The zero-order valence-corrected chi connectivity index (χ0v) is 16.9. The molecular weight excluding hydrogens is 396 g/mol. The van der Waals surface area contributed by atoms with Crippen molar-refractivity contribution in [2.45, 2.75) is 30.7 Å². The lowest BCUT2D eigenvalue weighted by Gasteiger charge is -2.31. The second-order valence-electron chi connectivity index (χ2n) is 6.70. The Morgan fingerprint density at radius 3 is 2.38 bits per heavy atom. The highest BCUT2D eigenvalue weighted by atomic mass is 32.2. The molecule has 1 fully saturated rings. The Morgan fingerprint density at radius 1 is 1.21 bits per heavy atom. The van der Waals surface area contributed by atoms with Gasteiger partial charge in [0.1, 0.15) is 6.33 Å². The molecule has 0 bridgehead atoms. The fraction of sp³-hybridized carbons (Fsp3) is 0.389. The van der Waals surface area contributed by atoms with Crippen molar-refractivity contribution in [1.82, 2.24) is 14.9 Å². The highest BCUT2D eigenvalue weighted by Crippen LogP contribution is 2.32. The lowest BCUT2D eigenvalue weighted by atomic mass is 10.1. The van der Waals surface area contributed by atoms with E-state index in [0.29, 0.717) is 36.5 Å². The maximum absolute atomic E-state index is 11.7. The number of hydrogen-bond donors (Lipinski definition) is 2. The first-order valence-electron chi connectivity index (χ1n) is 9.07. The third kappa shape index (κ3) is 5.05. The number of rotatable bonds is 6. The second-order valence-corrected chi connectivity index (χ2v) is 8.08. The van der Waals surface area contributed by atoms with E-state index in [1.165, 1.54) is 13.3 Å². The Kier molecular flexibility index (Phi) is 6.37. The third-order valence-corrected chi connectivity index (χ3v) is 5.67. The van der Waals surface area contributed by atoms with Crippen molar-refractivity contribution in [3.63, 3.8) is 0 Å². The molecule has 29 heavy (non-hydrogen) atoms. The van der Waals surface area contributed by atoms with Gasteiger partial charge in [-0.1, -0.05) is 0 Å². The van der Waals surface area contributed by atoms with E-state index in [0.717, 1.165) is 0 Å². The van der Waals surface area contributed by atoms with Gasteiger partial charge >= 0.3 is 5.69 Å². The van der Waals surface area contributed by atoms with Crippen LogP contribution in [0.1, 0.15) is 19.8 Å². The number of amides is 1. The van der Waals surface area contributed by atoms with Gasteiger partial charge in [-0.2, -0.15) is 0 Å². The van der Waals surface area contributed by atoms with Gasteiger partial charge in [0.05, 0.1) is 4.92 Å². The Labute approximate surface area is 170 Å². The average Bonchev–Trinajstić information content (AvgIpc) is 2.68. The van der Waals surface area contributed by atoms with Gasteiger partial charge in [-0.25, -0.2) is 9.97 Å². The average molecular weight is 418 g/mol. The molecular formula is C18H22N6O4S. The molecule has 0 saturated carbocycles. The number of nitrogens with one attached hydrogen (secondary N) is 2. The van der Waals surface area contributed by atoms with Gasteiger partial charge in [-0.3, -0.25) is 19.1 Å². The Bertz CT molecular complexity index is 928. The molecule has 0 radical (unpaired) electrons. The molecule has 1 amide bonds. The van der Waals surface area contributed by atoms with E-state index in [-0.39, 0.29) is 29.3 Å². The van der Waals surface area contributed by atoms with Crippen molar-refractivity contribution in [2.24, 2.45) is 0 Å². The molecule has 11 heteroatoms. The molecule has 0 aliphatic carbocycles. The minimum absolute atomic E-state index is 0.0223. The van der Waals surface area contributed by atoms with E-state index in [9.17, 15) is 19.1 Å². The standard InChI is InChI=1S/C18H22N6O4S/c1-12(25)23-9-7-14(8-10-23)22-18-16(24(26)27)17(19-11-20-18)21-13-3-5-15(6-4-13)29(2)28/h3-6,11,14H,7-10H2,1-2H3,(H2,19,20,21,22). The highest BCUT2D eigenvalue weighted by Gasteiger charge is 2.27. The van der Waals surface area contributed by atoms with Crippen LogP contribution in [0.3, 0.4) is 0 Å². The largest absolute Gasteiger partial charge is 0.361 e. The first-order chi connectivity index (χ1) is 13.8. The number of benzene rings is 1. The molecule has 1 aromatic carbocycles. The van der Waals surface area contributed by atoms with E-state index < -0.39 is 15.7 Å². The molecule has 1 aliphatic rings. The van der Waals surface area contributed by atoms with Crippen LogP contribution in [0, 0.1) is 10.1 Å². The van der Waals surface area contributed by atoms with Crippen molar-refractivity contribution in [3.05, 3.63) is 40.7 Å². The summed E-state index contributed by atoms with van der Waals surface area (Å²) in [6.45, 7) is 2.73. The summed E-state index contributed by atoms with van der Waals surface area (Å²) in [5.74, 6) is 0.236. The lowest BCUT2D eigenvalue weighted by Crippen LogP contribution is -2.41. The molecule has 2 heterocycles. The van der Waals surface area contributed by atoms with Gasteiger partial charge in [0, 0.05) is 53.7 Å². The number of aromatic nitrogens is 2. The van der Waals surface area contributed by atoms with Crippen LogP contribution in [0.5, 0.6) is 0 Å². The Balaban J connectivity index is 1.78. The summed E-state index contributed by atoms with van der Waals surface area (Å²) in [7, 11) is -1.11. The molecule has 154 valence electrons. The number of carbonyl (C=O) groups is 1. The van der Waals surface area contributed by atoms with Gasteiger partial charge in [-0.15, -0.1) is 0 Å². The van der Waals surface area contributed by atoms with Gasteiger partial charge in [0.2, 0.25) is 17.5 Å². The number of piperidine rings is 1. The molecule has 10 nitrogen and oxygen atoms in total. The van der Waals surface area contributed by atoms with Crippen LogP contribution in [0.4, 0.5) is 23.0 Å². The van der Waals surface area contributed by atoms with Crippen LogP contribution >= 0.6 is 0 Å². The van der Waals surface area contributed by atoms with Crippen molar-refractivity contribution in [2.75, 3.05) is 30.0 Å². The maximum Gasteiger partial charge on any atom is 0.353 e. The van der Waals surface area contributed by atoms with Crippen molar-refractivity contribution in [1.29, 1.82) is 0 Å². The summed E-state index contributed by atoms with van der Waals surface area (Å²) in [5.41, 5.74) is 0.339. The molecule has 3 rings (SSSR count). The van der Waals surface area contributed by atoms with Crippen LogP contribution in [0.15, 0.2) is 35.5 Å². The predicted molar refractivity (Wildman–Crippen MR) is 110 cm³/mol. The highest BCUT2D eigenvalue weighted by molar-refractivity contribution is 7.84. The minimum Gasteiger partial charge on any atom is -0.361 e. The first kappa shape index (κ1) is 20.6.